The van der Waals surface area contributed by atoms with Gasteiger partial charge in [0, 0.05) is 44.5 Å². The lowest BCUT2D eigenvalue weighted by Gasteiger charge is -2.32. The van der Waals surface area contributed by atoms with Crippen LogP contribution >= 0.6 is 11.8 Å². The molecule has 7 heteroatoms. The highest BCUT2D eigenvalue weighted by atomic mass is 32.2. The molecular weight excluding hydrogens is 341 g/mol. The van der Waals surface area contributed by atoms with E-state index in [9.17, 15) is 14.0 Å². The van der Waals surface area contributed by atoms with E-state index in [4.69, 9.17) is 0 Å². The zero-order valence-corrected chi connectivity index (χ0v) is 15.7. The molecule has 5 nitrogen and oxygen atoms in total. The number of halogens is 1. The summed E-state index contributed by atoms with van der Waals surface area (Å²) in [5, 5.41) is 2.93. The van der Waals surface area contributed by atoms with Crippen LogP contribution < -0.4 is 5.32 Å². The minimum atomic E-state index is -0.229. The van der Waals surface area contributed by atoms with E-state index >= 15 is 0 Å². The third-order valence-corrected chi connectivity index (χ3v) is 5.35. The molecule has 1 heterocycles. The van der Waals surface area contributed by atoms with Crippen LogP contribution in [0.4, 0.5) is 9.18 Å². The number of nitrogens with zero attached hydrogens (tertiary/aromatic N) is 2. The van der Waals surface area contributed by atoms with Crippen LogP contribution in [-0.2, 0) is 4.79 Å². The number of nitrogens with one attached hydrogen (secondary N) is 1. The topological polar surface area (TPSA) is 52.7 Å². The number of hydrogen-bond acceptors (Lipinski definition) is 3. The summed E-state index contributed by atoms with van der Waals surface area (Å²) >= 11 is 1.65. The molecule has 1 fully saturated rings. The number of hydrogen-bond donors (Lipinski definition) is 1. The highest BCUT2D eigenvalue weighted by Gasteiger charge is 2.27. The summed E-state index contributed by atoms with van der Waals surface area (Å²) in [6.07, 6.45) is 2.30. The lowest BCUT2D eigenvalue weighted by Crippen LogP contribution is -2.47. The molecule has 25 heavy (non-hydrogen) atoms. The van der Waals surface area contributed by atoms with E-state index in [1.807, 2.05) is 0 Å². The number of piperidine rings is 1. The summed E-state index contributed by atoms with van der Waals surface area (Å²) in [6, 6.07) is 6.38. The van der Waals surface area contributed by atoms with Crippen molar-refractivity contribution >= 4 is 23.7 Å². The Hall–Kier alpha value is -1.76. The number of amides is 3. The number of carbonyl (C=O) groups excluding carboxylic acids is 2. The molecule has 0 unspecified atom stereocenters. The summed E-state index contributed by atoms with van der Waals surface area (Å²) in [4.78, 5) is 28.5. The van der Waals surface area contributed by atoms with Gasteiger partial charge in [0.1, 0.15) is 5.82 Å². The van der Waals surface area contributed by atoms with E-state index in [0.717, 1.165) is 29.9 Å². The molecule has 1 aromatic carbocycles. The average Bonchev–Trinajstić information content (AvgIpc) is 2.62. The lowest BCUT2D eigenvalue weighted by molar-refractivity contribution is -0.134. The molecule has 2 rings (SSSR count). The van der Waals surface area contributed by atoms with Crippen molar-refractivity contribution in [3.63, 3.8) is 0 Å². The van der Waals surface area contributed by atoms with E-state index in [2.05, 4.69) is 5.32 Å². The molecule has 1 aliphatic heterocycles. The molecule has 0 radical (unpaired) electrons. The van der Waals surface area contributed by atoms with Gasteiger partial charge in [0.15, 0.2) is 0 Å². The molecule has 0 aromatic heterocycles. The summed E-state index contributed by atoms with van der Waals surface area (Å²) in [5.41, 5.74) is 0. The van der Waals surface area contributed by atoms with Gasteiger partial charge in [-0.1, -0.05) is 0 Å². The molecule has 3 amide bonds. The minimum Gasteiger partial charge on any atom is -0.349 e. The third kappa shape index (κ3) is 6.23. The second-order valence-corrected chi connectivity index (χ2v) is 7.55. The number of thioether (sulfide) groups is 1. The van der Waals surface area contributed by atoms with Gasteiger partial charge in [0.25, 0.3) is 0 Å². The number of carbonyl (C=O) groups is 2. The fraction of sp³-hybridized carbons (Fsp3) is 0.556. The van der Waals surface area contributed by atoms with E-state index in [-0.39, 0.29) is 23.7 Å². The van der Waals surface area contributed by atoms with E-state index in [1.165, 1.54) is 12.1 Å². The first-order valence-corrected chi connectivity index (χ1v) is 9.58. The van der Waals surface area contributed by atoms with E-state index in [0.29, 0.717) is 19.6 Å². The normalized spacial score (nSPS) is 15.1. The second-order valence-electron chi connectivity index (χ2n) is 6.38. The summed E-state index contributed by atoms with van der Waals surface area (Å²) < 4.78 is 12.8. The molecular formula is C18H26FN3O2S. The molecule has 1 aliphatic rings. The van der Waals surface area contributed by atoms with Crippen molar-refractivity contribution in [1.29, 1.82) is 0 Å². The lowest BCUT2D eigenvalue weighted by atomic mass is 9.96. The second kappa shape index (κ2) is 9.65. The maximum atomic E-state index is 12.8. The van der Waals surface area contributed by atoms with Crippen LogP contribution in [0.15, 0.2) is 29.2 Å². The smallest absolute Gasteiger partial charge is 0.317 e. The molecule has 1 aromatic rings. The average molecular weight is 367 g/mol. The zero-order valence-electron chi connectivity index (χ0n) is 14.8. The summed E-state index contributed by atoms with van der Waals surface area (Å²) in [5.74, 6) is 0.822. The Labute approximate surface area is 152 Å². The standard InChI is InChI=1S/C18H26FN3O2S/c1-21(2)17(23)14-8-11-22(12-9-14)18(24)20-10-3-13-25-16-6-4-15(19)5-7-16/h4-7,14H,3,8-13H2,1-2H3,(H,20,24). The molecule has 0 spiro atoms. The van der Waals surface area contributed by atoms with Crippen molar-refractivity contribution < 1.29 is 14.0 Å². The van der Waals surface area contributed by atoms with Crippen molar-refractivity contribution in [2.45, 2.75) is 24.2 Å². The first-order chi connectivity index (χ1) is 12.0. The number of likely N-dealkylation sites (tertiary alicyclic amines) is 1. The predicted molar refractivity (Wildman–Crippen MR) is 98.1 cm³/mol. The van der Waals surface area contributed by atoms with Crippen LogP contribution in [0.2, 0.25) is 0 Å². The molecule has 0 saturated carbocycles. The SMILES string of the molecule is CN(C)C(=O)C1CCN(C(=O)NCCCSc2ccc(F)cc2)CC1. The van der Waals surface area contributed by atoms with E-state index < -0.39 is 0 Å². The molecule has 0 atom stereocenters. The predicted octanol–water partition coefficient (Wildman–Crippen LogP) is 2.82. The number of benzene rings is 1. The Balaban J connectivity index is 1.60. The maximum absolute atomic E-state index is 12.8. The number of rotatable bonds is 6. The Bertz CT molecular complexity index is 572. The number of urea groups is 1. The van der Waals surface area contributed by atoms with Gasteiger partial charge in [0.2, 0.25) is 5.91 Å². The first-order valence-electron chi connectivity index (χ1n) is 8.59. The summed E-state index contributed by atoms with van der Waals surface area (Å²) in [6.45, 7) is 1.87. The monoisotopic (exact) mass is 367 g/mol. The van der Waals surface area contributed by atoms with Crippen molar-refractivity contribution in [2.24, 2.45) is 5.92 Å². The van der Waals surface area contributed by atoms with Crippen molar-refractivity contribution in [3.05, 3.63) is 30.1 Å². The van der Waals surface area contributed by atoms with Crippen LogP contribution in [0.25, 0.3) is 0 Å². The molecule has 1 N–H and O–H groups in total. The Morgan fingerprint density at radius 2 is 1.88 bits per heavy atom. The van der Waals surface area contributed by atoms with Crippen LogP contribution in [0.5, 0.6) is 0 Å². The fourth-order valence-corrected chi connectivity index (χ4v) is 3.65. The quantitative estimate of drug-likeness (QED) is 0.621. The van der Waals surface area contributed by atoms with Crippen LogP contribution in [-0.4, -0.2) is 61.2 Å². The van der Waals surface area contributed by atoms with Crippen molar-refractivity contribution in [3.8, 4) is 0 Å². The van der Waals surface area contributed by atoms with Gasteiger partial charge >= 0.3 is 6.03 Å². The van der Waals surface area contributed by atoms with Gasteiger partial charge < -0.3 is 15.1 Å². The van der Waals surface area contributed by atoms with Crippen molar-refractivity contribution in [2.75, 3.05) is 39.5 Å². The third-order valence-electron chi connectivity index (χ3n) is 4.25. The molecule has 0 bridgehead atoms. The van der Waals surface area contributed by atoms with E-state index in [1.54, 1.807) is 47.8 Å². The molecule has 0 aliphatic carbocycles. The largest absolute Gasteiger partial charge is 0.349 e. The Morgan fingerprint density at radius 3 is 2.48 bits per heavy atom. The van der Waals surface area contributed by atoms with Crippen molar-refractivity contribution in [1.82, 2.24) is 15.1 Å². The van der Waals surface area contributed by atoms with Crippen LogP contribution in [0.3, 0.4) is 0 Å². The molecule has 1 saturated heterocycles. The maximum Gasteiger partial charge on any atom is 0.317 e. The van der Waals surface area contributed by atoms with Crippen LogP contribution in [0.1, 0.15) is 19.3 Å². The first kappa shape index (κ1) is 19.6. The highest BCUT2D eigenvalue weighted by molar-refractivity contribution is 7.99. The van der Waals surface area contributed by atoms with Crippen LogP contribution in [0, 0.1) is 11.7 Å². The highest BCUT2D eigenvalue weighted by Crippen LogP contribution is 2.20. The van der Waals surface area contributed by atoms with Gasteiger partial charge in [-0.25, -0.2) is 9.18 Å². The van der Waals surface area contributed by atoms with Gasteiger partial charge in [0.05, 0.1) is 0 Å². The Kier molecular flexibility index (Phi) is 7.55. The zero-order chi connectivity index (χ0) is 18.2. The van der Waals surface area contributed by atoms with Gasteiger partial charge in [-0.05, 0) is 49.3 Å². The van der Waals surface area contributed by atoms with Gasteiger partial charge in [-0.2, -0.15) is 0 Å². The minimum absolute atomic E-state index is 0.0335. The van der Waals surface area contributed by atoms with Gasteiger partial charge in [-0.3, -0.25) is 4.79 Å². The Morgan fingerprint density at radius 1 is 1.24 bits per heavy atom. The molecule has 138 valence electrons. The summed E-state index contributed by atoms with van der Waals surface area (Å²) in [7, 11) is 3.54. The fourth-order valence-electron chi connectivity index (χ4n) is 2.79. The van der Waals surface area contributed by atoms with Gasteiger partial charge in [-0.15, -0.1) is 11.8 Å².